The van der Waals surface area contributed by atoms with Crippen molar-refractivity contribution in [2.45, 2.75) is 24.4 Å². The number of nitrogens with one attached hydrogen (secondary N) is 1. The molecule has 0 aliphatic carbocycles. The third-order valence-corrected chi connectivity index (χ3v) is 5.35. The lowest BCUT2D eigenvalue weighted by Crippen LogP contribution is -2.48. The van der Waals surface area contributed by atoms with E-state index in [-0.39, 0.29) is 0 Å². The van der Waals surface area contributed by atoms with Gasteiger partial charge < -0.3 is 5.32 Å². The Balaban J connectivity index is 2.14. The van der Waals surface area contributed by atoms with E-state index in [1.54, 1.807) is 26.2 Å². The molecule has 2 rings (SSSR count). The molecule has 1 saturated heterocycles. The lowest BCUT2D eigenvalue weighted by molar-refractivity contribution is 0.199. The maximum absolute atomic E-state index is 12.1. The molecule has 1 heterocycles. The van der Waals surface area contributed by atoms with Crippen LogP contribution >= 0.6 is 0 Å². The number of hydrogen-bond acceptors (Lipinski definition) is 4. The van der Waals surface area contributed by atoms with Gasteiger partial charge in [0.25, 0.3) is 0 Å². The summed E-state index contributed by atoms with van der Waals surface area (Å²) in [5, 5.41) is 3.40. The van der Waals surface area contributed by atoms with Crippen molar-refractivity contribution in [1.29, 1.82) is 0 Å². The second-order valence-corrected chi connectivity index (χ2v) is 7.68. The molecule has 0 amide bonds. The third-order valence-electron chi connectivity index (χ3n) is 3.54. The van der Waals surface area contributed by atoms with E-state index in [2.05, 4.69) is 17.1 Å². The Hall–Kier alpha value is -0.950. The Morgan fingerprint density at radius 1 is 1.40 bits per heavy atom. The van der Waals surface area contributed by atoms with Crippen molar-refractivity contribution in [1.82, 2.24) is 14.5 Å². The highest BCUT2D eigenvalue weighted by atomic mass is 32.2. The first kappa shape index (κ1) is 15.4. The van der Waals surface area contributed by atoms with Gasteiger partial charge in [-0.2, -0.15) is 0 Å². The van der Waals surface area contributed by atoms with E-state index < -0.39 is 10.0 Å². The Morgan fingerprint density at radius 2 is 2.15 bits per heavy atom. The second kappa shape index (κ2) is 6.22. The average molecular weight is 297 g/mol. The summed E-state index contributed by atoms with van der Waals surface area (Å²) in [6.45, 7) is 5.93. The number of benzene rings is 1. The van der Waals surface area contributed by atoms with Gasteiger partial charge in [0.15, 0.2) is 0 Å². The molecular weight excluding hydrogens is 274 g/mol. The van der Waals surface area contributed by atoms with Crippen LogP contribution in [-0.4, -0.2) is 57.4 Å². The van der Waals surface area contributed by atoms with Crippen LogP contribution in [0.15, 0.2) is 29.2 Å². The van der Waals surface area contributed by atoms with Crippen LogP contribution in [0.2, 0.25) is 0 Å². The molecule has 20 heavy (non-hydrogen) atoms. The van der Waals surface area contributed by atoms with Gasteiger partial charge in [-0.25, -0.2) is 12.7 Å². The molecule has 1 aromatic carbocycles. The Labute approximate surface area is 121 Å². The number of nitrogens with zero attached hydrogens (tertiary/aromatic N) is 2. The maximum Gasteiger partial charge on any atom is 0.242 e. The number of hydrogen-bond donors (Lipinski definition) is 1. The van der Waals surface area contributed by atoms with Crippen molar-refractivity contribution in [2.75, 3.05) is 33.7 Å². The summed E-state index contributed by atoms with van der Waals surface area (Å²) in [4.78, 5) is 2.71. The lowest BCUT2D eigenvalue weighted by atomic mass is 10.1. The van der Waals surface area contributed by atoms with Gasteiger partial charge in [0.2, 0.25) is 10.0 Å². The van der Waals surface area contributed by atoms with Gasteiger partial charge in [0, 0.05) is 46.3 Å². The zero-order chi connectivity index (χ0) is 14.8. The Morgan fingerprint density at radius 3 is 2.80 bits per heavy atom. The normalized spacial score (nSPS) is 21.3. The van der Waals surface area contributed by atoms with Gasteiger partial charge in [-0.3, -0.25) is 4.90 Å². The summed E-state index contributed by atoms with van der Waals surface area (Å²) >= 11 is 0. The van der Waals surface area contributed by atoms with Crippen LogP contribution in [0.25, 0.3) is 0 Å². The SMILES string of the molecule is C[C@@H]1CN(Cc2cccc(S(=O)(=O)N(C)C)c2)CCN1. The first-order valence-electron chi connectivity index (χ1n) is 6.87. The van der Waals surface area contributed by atoms with Crippen molar-refractivity contribution in [3.8, 4) is 0 Å². The monoisotopic (exact) mass is 297 g/mol. The van der Waals surface area contributed by atoms with Crippen LogP contribution in [0.3, 0.4) is 0 Å². The van der Waals surface area contributed by atoms with Crippen LogP contribution in [0, 0.1) is 0 Å². The molecule has 0 aromatic heterocycles. The van der Waals surface area contributed by atoms with Crippen LogP contribution in [0.4, 0.5) is 0 Å². The molecular formula is C14H23N3O2S. The molecule has 0 spiro atoms. The topological polar surface area (TPSA) is 52.7 Å². The largest absolute Gasteiger partial charge is 0.312 e. The lowest BCUT2D eigenvalue weighted by Gasteiger charge is -2.31. The van der Waals surface area contributed by atoms with Gasteiger partial charge >= 0.3 is 0 Å². The summed E-state index contributed by atoms with van der Waals surface area (Å²) in [6, 6.07) is 7.72. The molecule has 1 aliphatic heterocycles. The zero-order valence-electron chi connectivity index (χ0n) is 12.3. The minimum atomic E-state index is -3.35. The van der Waals surface area contributed by atoms with Gasteiger partial charge in [-0.1, -0.05) is 12.1 Å². The fourth-order valence-electron chi connectivity index (χ4n) is 2.43. The third kappa shape index (κ3) is 3.58. The molecule has 112 valence electrons. The fourth-order valence-corrected chi connectivity index (χ4v) is 3.40. The molecule has 1 atom stereocenters. The number of sulfonamides is 1. The van der Waals surface area contributed by atoms with E-state index in [4.69, 9.17) is 0 Å². The highest BCUT2D eigenvalue weighted by Gasteiger charge is 2.19. The van der Waals surface area contributed by atoms with Crippen molar-refractivity contribution in [2.24, 2.45) is 0 Å². The van der Waals surface area contributed by atoms with Crippen LogP contribution < -0.4 is 5.32 Å². The molecule has 0 saturated carbocycles. The fraction of sp³-hybridized carbons (Fsp3) is 0.571. The zero-order valence-corrected chi connectivity index (χ0v) is 13.2. The van der Waals surface area contributed by atoms with E-state index in [0.29, 0.717) is 10.9 Å². The summed E-state index contributed by atoms with van der Waals surface area (Å²) in [6.07, 6.45) is 0. The van der Waals surface area contributed by atoms with Crippen LogP contribution in [0.1, 0.15) is 12.5 Å². The molecule has 0 radical (unpaired) electrons. The molecule has 6 heteroatoms. The minimum Gasteiger partial charge on any atom is -0.312 e. The Kier molecular flexibility index (Phi) is 4.80. The molecule has 1 aromatic rings. The first-order valence-corrected chi connectivity index (χ1v) is 8.31. The van der Waals surface area contributed by atoms with E-state index in [1.807, 2.05) is 12.1 Å². The first-order chi connectivity index (χ1) is 9.39. The quantitative estimate of drug-likeness (QED) is 0.890. The highest BCUT2D eigenvalue weighted by molar-refractivity contribution is 7.89. The van der Waals surface area contributed by atoms with Crippen molar-refractivity contribution in [3.63, 3.8) is 0 Å². The standard InChI is InChI=1S/C14H23N3O2S/c1-12-10-17(8-7-15-12)11-13-5-4-6-14(9-13)20(18,19)16(2)3/h4-6,9,12,15H,7-8,10-11H2,1-3H3/t12-/m1/s1. The van der Waals surface area contributed by atoms with E-state index >= 15 is 0 Å². The average Bonchev–Trinajstić information content (AvgIpc) is 2.39. The van der Waals surface area contributed by atoms with Crippen molar-refractivity contribution in [3.05, 3.63) is 29.8 Å². The van der Waals surface area contributed by atoms with E-state index in [9.17, 15) is 8.42 Å². The minimum absolute atomic E-state index is 0.364. The van der Waals surface area contributed by atoms with Crippen LogP contribution in [-0.2, 0) is 16.6 Å². The highest BCUT2D eigenvalue weighted by Crippen LogP contribution is 2.16. The molecule has 0 bridgehead atoms. The van der Waals surface area contributed by atoms with Gasteiger partial charge in [-0.15, -0.1) is 0 Å². The van der Waals surface area contributed by atoms with E-state index in [1.165, 1.54) is 4.31 Å². The van der Waals surface area contributed by atoms with Gasteiger partial charge in [0.1, 0.15) is 0 Å². The second-order valence-electron chi connectivity index (χ2n) is 5.53. The molecule has 1 N–H and O–H groups in total. The molecule has 1 aliphatic rings. The summed E-state index contributed by atoms with van der Waals surface area (Å²) in [7, 11) is -0.237. The number of rotatable bonds is 4. The smallest absolute Gasteiger partial charge is 0.242 e. The predicted molar refractivity (Wildman–Crippen MR) is 80.1 cm³/mol. The van der Waals surface area contributed by atoms with Gasteiger partial charge in [-0.05, 0) is 24.6 Å². The summed E-state index contributed by atoms with van der Waals surface area (Å²) < 4.78 is 25.5. The summed E-state index contributed by atoms with van der Waals surface area (Å²) in [5.41, 5.74) is 1.04. The predicted octanol–water partition coefficient (Wildman–Crippen LogP) is 0.731. The summed E-state index contributed by atoms with van der Waals surface area (Å²) in [5.74, 6) is 0. The molecule has 0 unspecified atom stereocenters. The maximum atomic E-state index is 12.1. The van der Waals surface area contributed by atoms with Gasteiger partial charge in [0.05, 0.1) is 4.90 Å². The molecule has 5 nitrogen and oxygen atoms in total. The van der Waals surface area contributed by atoms with E-state index in [0.717, 1.165) is 31.7 Å². The molecule has 1 fully saturated rings. The van der Waals surface area contributed by atoms with Crippen molar-refractivity contribution < 1.29 is 8.42 Å². The number of piperazine rings is 1. The van der Waals surface area contributed by atoms with Crippen molar-refractivity contribution >= 4 is 10.0 Å². The van der Waals surface area contributed by atoms with Crippen LogP contribution in [0.5, 0.6) is 0 Å². The Bertz CT molecular complexity index is 557.